The van der Waals surface area contributed by atoms with Crippen molar-refractivity contribution in [1.82, 2.24) is 0 Å². The summed E-state index contributed by atoms with van der Waals surface area (Å²) in [5, 5.41) is 16.4. The Labute approximate surface area is 124 Å². The number of rotatable bonds is 5. The van der Waals surface area contributed by atoms with Gasteiger partial charge in [-0.15, -0.1) is 11.3 Å². The monoisotopic (exact) mass is 308 g/mol. The van der Waals surface area contributed by atoms with E-state index in [9.17, 15) is 14.0 Å². The van der Waals surface area contributed by atoms with E-state index in [-0.39, 0.29) is 11.5 Å². The Morgan fingerprint density at radius 1 is 1.33 bits per heavy atom. The van der Waals surface area contributed by atoms with E-state index in [0.29, 0.717) is 17.9 Å². The van der Waals surface area contributed by atoms with E-state index in [1.54, 1.807) is 6.07 Å². The van der Waals surface area contributed by atoms with Gasteiger partial charge in [0.05, 0.1) is 17.8 Å². The van der Waals surface area contributed by atoms with Crippen molar-refractivity contribution in [2.45, 2.75) is 13.5 Å². The zero-order valence-corrected chi connectivity index (χ0v) is 12.0. The maximum absolute atomic E-state index is 13.3. The summed E-state index contributed by atoms with van der Waals surface area (Å²) in [6.07, 6.45) is 0. The number of carboxylic acid groups (broad SMARTS) is 1. The summed E-state index contributed by atoms with van der Waals surface area (Å²) in [7, 11) is 0. The van der Waals surface area contributed by atoms with Crippen LogP contribution in [-0.4, -0.2) is 17.0 Å². The first-order valence-electron chi connectivity index (χ1n) is 6.08. The fourth-order valence-electron chi connectivity index (χ4n) is 1.76. The van der Waals surface area contributed by atoms with Crippen LogP contribution >= 0.6 is 11.3 Å². The summed E-state index contributed by atoms with van der Waals surface area (Å²) in [6, 6.07) is 5.60. The number of carbonyl (C=O) groups excluding carboxylic acids is 1. The first-order valence-corrected chi connectivity index (χ1v) is 6.96. The maximum Gasteiger partial charge on any atom is 0.338 e. The maximum atomic E-state index is 13.3. The van der Waals surface area contributed by atoms with Crippen LogP contribution in [0.2, 0.25) is 0 Å². The normalized spacial score (nSPS) is 10.2. The molecule has 21 heavy (non-hydrogen) atoms. The van der Waals surface area contributed by atoms with Crippen LogP contribution in [0.4, 0.5) is 15.8 Å². The smallest absolute Gasteiger partial charge is 0.338 e. The van der Waals surface area contributed by atoms with Crippen molar-refractivity contribution < 1.29 is 19.1 Å². The molecule has 0 saturated carbocycles. The minimum absolute atomic E-state index is 0.162. The molecule has 0 spiro atoms. The van der Waals surface area contributed by atoms with Crippen LogP contribution in [0.25, 0.3) is 0 Å². The highest BCUT2D eigenvalue weighted by Crippen LogP contribution is 2.24. The van der Waals surface area contributed by atoms with E-state index in [0.717, 1.165) is 10.9 Å². The molecular weight excluding hydrogens is 295 g/mol. The molecular formula is C14H13FN2O3S. The van der Waals surface area contributed by atoms with Crippen LogP contribution < -0.4 is 10.6 Å². The molecule has 1 amide bonds. The molecule has 0 radical (unpaired) electrons. The zero-order chi connectivity index (χ0) is 15.4. The number of aromatic carboxylic acids is 1. The van der Waals surface area contributed by atoms with E-state index >= 15 is 0 Å². The van der Waals surface area contributed by atoms with Gasteiger partial charge in [-0.1, -0.05) is 0 Å². The second-order valence-corrected chi connectivity index (χ2v) is 5.29. The van der Waals surface area contributed by atoms with Crippen molar-refractivity contribution in [2.24, 2.45) is 0 Å². The molecule has 5 nitrogen and oxygen atoms in total. The van der Waals surface area contributed by atoms with Gasteiger partial charge in [-0.2, -0.15) is 0 Å². The molecule has 0 aliphatic heterocycles. The highest BCUT2D eigenvalue weighted by atomic mass is 32.1. The number of carbonyl (C=O) groups is 2. The topological polar surface area (TPSA) is 78.4 Å². The van der Waals surface area contributed by atoms with Crippen LogP contribution in [0.1, 0.15) is 22.2 Å². The van der Waals surface area contributed by atoms with E-state index in [1.807, 2.05) is 5.38 Å². The van der Waals surface area contributed by atoms with Crippen molar-refractivity contribution in [3.05, 3.63) is 45.9 Å². The molecule has 3 N–H and O–H groups in total. The van der Waals surface area contributed by atoms with Crippen LogP contribution in [0.15, 0.2) is 29.6 Å². The lowest BCUT2D eigenvalue weighted by Gasteiger charge is -2.09. The van der Waals surface area contributed by atoms with Crippen LogP contribution in [0, 0.1) is 5.82 Å². The third-order valence-corrected chi connectivity index (χ3v) is 3.63. The standard InChI is InChI=1S/C14H13FN2O3S/c1-8(18)17-12-4-5-21-13(12)7-16-9-2-3-11(15)10(6-9)14(19)20/h2-6,16H,7H2,1H3,(H,17,18)(H,19,20). The Morgan fingerprint density at radius 2 is 2.10 bits per heavy atom. The third kappa shape index (κ3) is 3.79. The lowest BCUT2D eigenvalue weighted by Crippen LogP contribution is -2.08. The van der Waals surface area contributed by atoms with Gasteiger partial charge < -0.3 is 15.7 Å². The highest BCUT2D eigenvalue weighted by molar-refractivity contribution is 7.10. The number of thiophene rings is 1. The Morgan fingerprint density at radius 3 is 2.76 bits per heavy atom. The molecule has 0 bridgehead atoms. The number of amides is 1. The van der Waals surface area contributed by atoms with Crippen LogP contribution in [0.5, 0.6) is 0 Å². The zero-order valence-electron chi connectivity index (χ0n) is 11.1. The van der Waals surface area contributed by atoms with Crippen molar-refractivity contribution >= 4 is 34.6 Å². The fourth-order valence-corrected chi connectivity index (χ4v) is 2.53. The number of halogens is 1. The van der Waals surface area contributed by atoms with Gasteiger partial charge in [0, 0.05) is 17.5 Å². The summed E-state index contributed by atoms with van der Waals surface area (Å²) in [6.45, 7) is 1.83. The van der Waals surface area contributed by atoms with Crippen LogP contribution in [0.3, 0.4) is 0 Å². The van der Waals surface area contributed by atoms with E-state index < -0.39 is 11.8 Å². The van der Waals surface area contributed by atoms with Crippen LogP contribution in [-0.2, 0) is 11.3 Å². The van der Waals surface area contributed by atoms with Crippen molar-refractivity contribution in [3.63, 3.8) is 0 Å². The number of hydrogen-bond donors (Lipinski definition) is 3. The number of benzene rings is 1. The highest BCUT2D eigenvalue weighted by Gasteiger charge is 2.11. The molecule has 0 aliphatic carbocycles. The average Bonchev–Trinajstić information content (AvgIpc) is 2.84. The Bertz CT molecular complexity index is 685. The number of anilines is 2. The van der Waals surface area contributed by atoms with Crippen molar-refractivity contribution in [3.8, 4) is 0 Å². The lowest BCUT2D eigenvalue weighted by atomic mass is 10.2. The lowest BCUT2D eigenvalue weighted by molar-refractivity contribution is -0.114. The number of carboxylic acids is 1. The van der Waals surface area contributed by atoms with Gasteiger partial charge in [-0.3, -0.25) is 4.79 Å². The second-order valence-electron chi connectivity index (χ2n) is 4.29. The molecule has 0 saturated heterocycles. The number of hydrogen-bond acceptors (Lipinski definition) is 4. The van der Waals surface area contributed by atoms with E-state index in [2.05, 4.69) is 10.6 Å². The SMILES string of the molecule is CC(=O)Nc1ccsc1CNc1ccc(F)c(C(=O)O)c1. The van der Waals surface area contributed by atoms with Gasteiger partial charge in [-0.25, -0.2) is 9.18 Å². The van der Waals surface area contributed by atoms with Gasteiger partial charge in [0.15, 0.2) is 0 Å². The number of nitrogens with one attached hydrogen (secondary N) is 2. The quantitative estimate of drug-likeness (QED) is 0.793. The van der Waals surface area contributed by atoms with Gasteiger partial charge in [0.25, 0.3) is 0 Å². The summed E-state index contributed by atoms with van der Waals surface area (Å²) < 4.78 is 13.3. The van der Waals surface area contributed by atoms with Gasteiger partial charge >= 0.3 is 5.97 Å². The van der Waals surface area contributed by atoms with Gasteiger partial charge in [0.2, 0.25) is 5.91 Å². The summed E-state index contributed by atoms with van der Waals surface area (Å²) in [5.74, 6) is -2.25. The molecule has 0 fully saturated rings. The minimum Gasteiger partial charge on any atom is -0.478 e. The van der Waals surface area contributed by atoms with E-state index in [4.69, 9.17) is 5.11 Å². The molecule has 1 aromatic heterocycles. The summed E-state index contributed by atoms with van der Waals surface area (Å²) >= 11 is 1.46. The molecule has 7 heteroatoms. The predicted molar refractivity (Wildman–Crippen MR) is 79.3 cm³/mol. The minimum atomic E-state index is -1.31. The van der Waals surface area contributed by atoms with Gasteiger partial charge in [0.1, 0.15) is 5.82 Å². The average molecular weight is 308 g/mol. The third-order valence-electron chi connectivity index (χ3n) is 2.71. The molecule has 0 atom stereocenters. The molecule has 0 aliphatic rings. The Kier molecular flexibility index (Phi) is 4.54. The molecule has 1 aromatic carbocycles. The fraction of sp³-hybridized carbons (Fsp3) is 0.143. The largest absolute Gasteiger partial charge is 0.478 e. The van der Waals surface area contributed by atoms with E-state index in [1.165, 1.54) is 30.4 Å². The first kappa shape index (κ1) is 15.0. The molecule has 2 aromatic rings. The summed E-state index contributed by atoms with van der Waals surface area (Å²) in [4.78, 5) is 22.8. The molecule has 2 rings (SSSR count). The second kappa shape index (κ2) is 6.36. The first-order chi connectivity index (χ1) is 9.97. The molecule has 0 unspecified atom stereocenters. The van der Waals surface area contributed by atoms with Crippen molar-refractivity contribution in [2.75, 3.05) is 10.6 Å². The molecule has 1 heterocycles. The van der Waals surface area contributed by atoms with Crippen molar-refractivity contribution in [1.29, 1.82) is 0 Å². The Hall–Kier alpha value is -2.41. The predicted octanol–water partition coefficient (Wildman–Crippen LogP) is 3.16. The molecule has 110 valence electrons. The Balaban J connectivity index is 2.10. The van der Waals surface area contributed by atoms with Gasteiger partial charge in [-0.05, 0) is 29.6 Å². The summed E-state index contributed by atoms with van der Waals surface area (Å²) in [5.41, 5.74) is 0.824.